The highest BCUT2D eigenvalue weighted by molar-refractivity contribution is 5.90. The SMILES string of the molecule is Cc1cccc(C(C(=O)NC(C)C)N(C(=O)CNC(=O)OC(C)(C)C)C(C)CCC(C)C)c1. The van der Waals surface area contributed by atoms with Gasteiger partial charge in [0, 0.05) is 12.1 Å². The van der Waals surface area contributed by atoms with Crippen LogP contribution in [0.25, 0.3) is 0 Å². The summed E-state index contributed by atoms with van der Waals surface area (Å²) in [6.07, 6.45) is 0.994. The second-order valence-corrected chi connectivity index (χ2v) is 10.5. The first-order chi connectivity index (χ1) is 15.2. The van der Waals surface area contributed by atoms with Gasteiger partial charge in [-0.25, -0.2) is 4.79 Å². The fraction of sp³-hybridized carbons (Fsp3) is 0.654. The molecule has 33 heavy (non-hydrogen) atoms. The van der Waals surface area contributed by atoms with Crippen LogP contribution in [0.2, 0.25) is 0 Å². The summed E-state index contributed by atoms with van der Waals surface area (Å²) in [5.41, 5.74) is 1.08. The molecular weight excluding hydrogens is 418 g/mol. The molecule has 0 radical (unpaired) electrons. The monoisotopic (exact) mass is 461 g/mol. The number of benzene rings is 1. The van der Waals surface area contributed by atoms with Gasteiger partial charge in [0.15, 0.2) is 0 Å². The standard InChI is InChI=1S/C26H43N3O4/c1-17(2)13-14-20(6)29(22(30)16-27-25(32)33-26(7,8)9)23(24(31)28-18(3)4)21-12-10-11-19(5)15-21/h10-12,15,17-18,20,23H,13-14,16H2,1-9H3,(H,27,32)(H,28,31). The first-order valence-electron chi connectivity index (χ1n) is 11.9. The molecule has 7 nitrogen and oxygen atoms in total. The van der Waals surface area contributed by atoms with E-state index in [2.05, 4.69) is 24.5 Å². The lowest BCUT2D eigenvalue weighted by atomic mass is 9.97. The zero-order chi connectivity index (χ0) is 25.3. The van der Waals surface area contributed by atoms with E-state index in [9.17, 15) is 14.4 Å². The minimum Gasteiger partial charge on any atom is -0.444 e. The topological polar surface area (TPSA) is 87.7 Å². The molecule has 0 aliphatic rings. The zero-order valence-corrected chi connectivity index (χ0v) is 21.8. The fourth-order valence-corrected chi connectivity index (χ4v) is 3.55. The van der Waals surface area contributed by atoms with Gasteiger partial charge in [-0.05, 0) is 72.8 Å². The van der Waals surface area contributed by atoms with E-state index < -0.39 is 17.7 Å². The molecule has 3 amide bonds. The minimum atomic E-state index is -0.803. The van der Waals surface area contributed by atoms with Crippen LogP contribution in [-0.4, -0.2) is 47.0 Å². The molecule has 0 heterocycles. The van der Waals surface area contributed by atoms with Crippen molar-refractivity contribution in [2.75, 3.05) is 6.54 Å². The highest BCUT2D eigenvalue weighted by atomic mass is 16.6. The third-order valence-electron chi connectivity index (χ3n) is 5.02. The molecule has 2 N–H and O–H groups in total. The van der Waals surface area contributed by atoms with Crippen LogP contribution >= 0.6 is 0 Å². The summed E-state index contributed by atoms with van der Waals surface area (Å²) in [5, 5.41) is 5.52. The second kappa shape index (κ2) is 12.6. The number of aryl methyl sites for hydroxylation is 1. The molecular formula is C26H43N3O4. The van der Waals surface area contributed by atoms with E-state index in [1.54, 1.807) is 25.7 Å². The number of alkyl carbamates (subject to hydrolysis) is 1. The molecule has 7 heteroatoms. The molecule has 2 atom stereocenters. The lowest BCUT2D eigenvalue weighted by Crippen LogP contribution is -2.52. The lowest BCUT2D eigenvalue weighted by Gasteiger charge is -2.37. The molecule has 2 unspecified atom stereocenters. The summed E-state index contributed by atoms with van der Waals surface area (Å²) in [6.45, 7) is 17.0. The summed E-state index contributed by atoms with van der Waals surface area (Å²) in [7, 11) is 0. The van der Waals surface area contributed by atoms with Crippen LogP contribution in [0, 0.1) is 12.8 Å². The normalized spacial score (nSPS) is 13.4. The number of hydrogen-bond donors (Lipinski definition) is 2. The molecule has 0 saturated carbocycles. The highest BCUT2D eigenvalue weighted by Crippen LogP contribution is 2.27. The Morgan fingerprint density at radius 2 is 1.67 bits per heavy atom. The van der Waals surface area contributed by atoms with Crippen LogP contribution in [0.1, 0.15) is 85.4 Å². The van der Waals surface area contributed by atoms with Gasteiger partial charge in [-0.2, -0.15) is 0 Å². The van der Waals surface area contributed by atoms with Gasteiger partial charge in [0.1, 0.15) is 18.2 Å². The van der Waals surface area contributed by atoms with E-state index in [1.807, 2.05) is 52.0 Å². The third kappa shape index (κ3) is 10.3. The van der Waals surface area contributed by atoms with E-state index >= 15 is 0 Å². The summed E-state index contributed by atoms with van der Waals surface area (Å²) in [6, 6.07) is 6.56. The van der Waals surface area contributed by atoms with Gasteiger partial charge in [-0.1, -0.05) is 43.7 Å². The lowest BCUT2D eigenvalue weighted by molar-refractivity contribution is -0.143. The zero-order valence-electron chi connectivity index (χ0n) is 21.8. The number of nitrogens with one attached hydrogen (secondary N) is 2. The van der Waals surface area contributed by atoms with Crippen molar-refractivity contribution in [1.29, 1.82) is 0 Å². The van der Waals surface area contributed by atoms with Crippen LogP contribution in [0.4, 0.5) is 4.79 Å². The number of carbonyl (C=O) groups is 3. The molecule has 0 saturated heterocycles. The number of nitrogens with zero attached hydrogens (tertiary/aromatic N) is 1. The summed E-state index contributed by atoms with van der Waals surface area (Å²) < 4.78 is 5.27. The van der Waals surface area contributed by atoms with Gasteiger partial charge < -0.3 is 20.3 Å². The number of ether oxygens (including phenoxy) is 1. The predicted octanol–water partition coefficient (Wildman–Crippen LogP) is 4.74. The molecule has 186 valence electrons. The molecule has 0 spiro atoms. The van der Waals surface area contributed by atoms with Crippen LogP contribution in [0.5, 0.6) is 0 Å². The third-order valence-corrected chi connectivity index (χ3v) is 5.02. The molecule has 1 rings (SSSR count). The Labute approximate surface area is 199 Å². The van der Waals surface area contributed by atoms with Crippen molar-refractivity contribution in [3.63, 3.8) is 0 Å². The van der Waals surface area contributed by atoms with Crippen molar-refractivity contribution < 1.29 is 19.1 Å². The average molecular weight is 462 g/mol. The van der Waals surface area contributed by atoms with E-state index in [0.717, 1.165) is 24.0 Å². The van der Waals surface area contributed by atoms with Crippen molar-refractivity contribution in [2.45, 2.75) is 98.9 Å². The predicted molar refractivity (Wildman–Crippen MR) is 132 cm³/mol. The van der Waals surface area contributed by atoms with Gasteiger partial charge in [-0.15, -0.1) is 0 Å². The summed E-state index contributed by atoms with van der Waals surface area (Å²) >= 11 is 0. The molecule has 0 aliphatic carbocycles. The number of rotatable bonds is 10. The minimum absolute atomic E-state index is 0.0763. The van der Waals surface area contributed by atoms with Crippen molar-refractivity contribution in [2.24, 2.45) is 5.92 Å². The van der Waals surface area contributed by atoms with Gasteiger partial charge in [0.05, 0.1) is 0 Å². The highest BCUT2D eigenvalue weighted by Gasteiger charge is 2.35. The second-order valence-electron chi connectivity index (χ2n) is 10.5. The Hall–Kier alpha value is -2.57. The Morgan fingerprint density at radius 3 is 2.18 bits per heavy atom. The smallest absolute Gasteiger partial charge is 0.408 e. The molecule has 0 fully saturated rings. The molecule has 0 aliphatic heterocycles. The average Bonchev–Trinajstić information content (AvgIpc) is 2.66. The van der Waals surface area contributed by atoms with E-state index in [4.69, 9.17) is 4.74 Å². The summed E-state index contributed by atoms with van der Waals surface area (Å²) in [5.74, 6) is -0.105. The largest absolute Gasteiger partial charge is 0.444 e. The van der Waals surface area contributed by atoms with Gasteiger partial charge in [0.25, 0.3) is 0 Å². The van der Waals surface area contributed by atoms with Crippen LogP contribution in [0.15, 0.2) is 24.3 Å². The van der Waals surface area contributed by atoms with Crippen molar-refractivity contribution >= 4 is 17.9 Å². The van der Waals surface area contributed by atoms with Gasteiger partial charge in [0.2, 0.25) is 11.8 Å². The fourth-order valence-electron chi connectivity index (χ4n) is 3.55. The van der Waals surface area contributed by atoms with Crippen LogP contribution < -0.4 is 10.6 Å². The van der Waals surface area contributed by atoms with Crippen molar-refractivity contribution in [1.82, 2.24) is 15.5 Å². The maximum absolute atomic E-state index is 13.5. The maximum atomic E-state index is 13.5. The van der Waals surface area contributed by atoms with Gasteiger partial charge in [-0.3, -0.25) is 9.59 Å². The molecule has 1 aromatic carbocycles. The maximum Gasteiger partial charge on any atom is 0.408 e. The van der Waals surface area contributed by atoms with Crippen molar-refractivity contribution in [3.05, 3.63) is 35.4 Å². The Bertz CT molecular complexity index is 799. The van der Waals surface area contributed by atoms with Crippen LogP contribution in [-0.2, 0) is 14.3 Å². The number of hydrogen-bond acceptors (Lipinski definition) is 4. The van der Waals surface area contributed by atoms with E-state index in [1.165, 1.54) is 0 Å². The van der Waals surface area contributed by atoms with Crippen LogP contribution in [0.3, 0.4) is 0 Å². The molecule has 0 bridgehead atoms. The Balaban J connectivity index is 3.30. The first kappa shape index (κ1) is 28.5. The molecule has 1 aromatic rings. The van der Waals surface area contributed by atoms with Crippen molar-refractivity contribution in [3.8, 4) is 0 Å². The first-order valence-corrected chi connectivity index (χ1v) is 11.9. The molecule has 0 aromatic heterocycles. The summed E-state index contributed by atoms with van der Waals surface area (Å²) in [4.78, 5) is 40.6. The quantitative estimate of drug-likeness (QED) is 0.527. The van der Waals surface area contributed by atoms with E-state index in [-0.39, 0.29) is 30.4 Å². The van der Waals surface area contributed by atoms with Gasteiger partial charge >= 0.3 is 6.09 Å². The van der Waals surface area contributed by atoms with E-state index in [0.29, 0.717) is 5.92 Å². The number of amides is 3. The Morgan fingerprint density at radius 1 is 1.03 bits per heavy atom. The Kier molecular flexibility index (Phi) is 10.9. The number of carbonyl (C=O) groups excluding carboxylic acids is 3.